The maximum Gasteiger partial charge on any atom is 0.279 e. The highest BCUT2D eigenvalue weighted by Crippen LogP contribution is 2.37. The molecule has 148 valence electrons. The summed E-state index contributed by atoms with van der Waals surface area (Å²) in [5, 5.41) is 3.42. The van der Waals surface area contributed by atoms with E-state index in [-0.39, 0.29) is 25.0 Å². The van der Waals surface area contributed by atoms with Gasteiger partial charge in [0.05, 0.1) is 19.8 Å². The van der Waals surface area contributed by atoms with Crippen molar-refractivity contribution in [2.75, 3.05) is 32.8 Å². The number of nitrogens with one attached hydrogen (secondary N) is 2. The van der Waals surface area contributed by atoms with Crippen LogP contribution in [-0.2, 0) is 11.3 Å². The van der Waals surface area contributed by atoms with Crippen molar-refractivity contribution in [2.24, 2.45) is 0 Å². The van der Waals surface area contributed by atoms with E-state index in [0.29, 0.717) is 34.3 Å². The van der Waals surface area contributed by atoms with Gasteiger partial charge in [0.2, 0.25) is 6.79 Å². The lowest BCUT2D eigenvalue weighted by Gasteiger charge is -2.17. The van der Waals surface area contributed by atoms with Gasteiger partial charge in [0.1, 0.15) is 12.3 Å². The number of rotatable bonds is 7. The Labute approximate surface area is 168 Å². The molecule has 0 aromatic heterocycles. The number of methoxy groups -OCH3 is 1. The molecule has 1 amide bonds. The lowest BCUT2D eigenvalue weighted by atomic mass is 10.1. The van der Waals surface area contributed by atoms with E-state index in [1.54, 1.807) is 31.4 Å². The van der Waals surface area contributed by atoms with E-state index in [1.165, 1.54) is 6.92 Å². The van der Waals surface area contributed by atoms with Crippen molar-refractivity contribution in [3.05, 3.63) is 46.5 Å². The van der Waals surface area contributed by atoms with Gasteiger partial charge in [-0.05, 0) is 31.2 Å². The summed E-state index contributed by atoms with van der Waals surface area (Å²) < 4.78 is 16.0. The van der Waals surface area contributed by atoms with E-state index >= 15 is 0 Å². The van der Waals surface area contributed by atoms with Crippen molar-refractivity contribution in [3.8, 4) is 17.2 Å². The number of benzene rings is 2. The summed E-state index contributed by atoms with van der Waals surface area (Å²) in [5.74, 6) is 1.33. The molecule has 0 aliphatic carbocycles. The third-order valence-electron chi connectivity index (χ3n) is 4.36. The smallest absolute Gasteiger partial charge is 0.279 e. The highest BCUT2D eigenvalue weighted by atomic mass is 35.5. The number of ketones is 1. The predicted octanol–water partition coefficient (Wildman–Crippen LogP) is 1.93. The first kappa shape index (κ1) is 20.0. The molecule has 3 rings (SSSR count). The zero-order valence-corrected chi connectivity index (χ0v) is 16.7. The Morgan fingerprint density at radius 2 is 1.93 bits per heavy atom. The van der Waals surface area contributed by atoms with Crippen molar-refractivity contribution < 1.29 is 28.7 Å². The van der Waals surface area contributed by atoms with E-state index in [2.05, 4.69) is 5.32 Å². The number of likely N-dealkylation sites (N-methyl/N-ethyl adjacent to an activating group) is 1. The fraction of sp³-hybridized carbons (Fsp3) is 0.300. The molecule has 7 nitrogen and oxygen atoms in total. The second-order valence-electron chi connectivity index (χ2n) is 6.62. The van der Waals surface area contributed by atoms with Gasteiger partial charge < -0.3 is 24.4 Å². The maximum atomic E-state index is 12.5. The molecule has 0 saturated heterocycles. The number of quaternary nitrogens is 1. The van der Waals surface area contributed by atoms with Gasteiger partial charge in [0.25, 0.3) is 5.91 Å². The molecule has 0 bridgehead atoms. The fourth-order valence-electron chi connectivity index (χ4n) is 3.08. The van der Waals surface area contributed by atoms with E-state index < -0.39 is 0 Å². The molecule has 1 aliphatic rings. The first-order chi connectivity index (χ1) is 13.4. The lowest BCUT2D eigenvalue weighted by Crippen LogP contribution is -3.08. The van der Waals surface area contributed by atoms with Crippen molar-refractivity contribution in [3.63, 3.8) is 0 Å². The summed E-state index contributed by atoms with van der Waals surface area (Å²) in [6.07, 6.45) is 0. The second-order valence-corrected chi connectivity index (χ2v) is 7.06. The van der Waals surface area contributed by atoms with Gasteiger partial charge in [-0.2, -0.15) is 0 Å². The molecule has 1 atom stereocenters. The predicted molar refractivity (Wildman–Crippen MR) is 105 cm³/mol. The molecule has 0 fully saturated rings. The summed E-state index contributed by atoms with van der Waals surface area (Å²) in [7, 11) is 3.49. The number of anilines is 1. The highest BCUT2D eigenvalue weighted by molar-refractivity contribution is 6.30. The van der Waals surface area contributed by atoms with Crippen LogP contribution in [0, 0.1) is 0 Å². The van der Waals surface area contributed by atoms with Gasteiger partial charge in [-0.25, -0.2) is 0 Å². The molecule has 0 saturated carbocycles. The number of ether oxygens (including phenoxy) is 3. The maximum absolute atomic E-state index is 12.5. The molecule has 28 heavy (non-hydrogen) atoms. The van der Waals surface area contributed by atoms with Crippen LogP contribution in [0.4, 0.5) is 5.69 Å². The third-order valence-corrected chi connectivity index (χ3v) is 4.60. The topological polar surface area (TPSA) is 78.3 Å². The largest absolute Gasteiger partial charge is 0.496 e. The van der Waals surface area contributed by atoms with Gasteiger partial charge in [0.15, 0.2) is 23.8 Å². The van der Waals surface area contributed by atoms with E-state index in [1.807, 2.05) is 13.1 Å². The first-order valence-electron chi connectivity index (χ1n) is 8.75. The van der Waals surface area contributed by atoms with Gasteiger partial charge in [0, 0.05) is 22.2 Å². The Balaban J connectivity index is 1.69. The van der Waals surface area contributed by atoms with Crippen LogP contribution in [0.5, 0.6) is 17.2 Å². The quantitative estimate of drug-likeness (QED) is 0.688. The second kappa shape index (κ2) is 8.50. The monoisotopic (exact) mass is 405 g/mol. The third kappa shape index (κ3) is 4.55. The van der Waals surface area contributed by atoms with Crippen LogP contribution in [-0.4, -0.2) is 39.2 Å². The normalized spacial score (nSPS) is 13.1. The average molecular weight is 406 g/mol. The average Bonchev–Trinajstić information content (AvgIpc) is 3.08. The minimum Gasteiger partial charge on any atom is -0.496 e. The van der Waals surface area contributed by atoms with Crippen molar-refractivity contribution >= 4 is 29.0 Å². The lowest BCUT2D eigenvalue weighted by molar-refractivity contribution is -0.885. The molecule has 1 heterocycles. The number of halogens is 1. The molecule has 1 unspecified atom stereocenters. The van der Waals surface area contributed by atoms with Crippen LogP contribution < -0.4 is 24.4 Å². The fourth-order valence-corrected chi connectivity index (χ4v) is 3.27. The first-order valence-corrected chi connectivity index (χ1v) is 9.13. The standard InChI is InChI=1S/C20H21ClN2O5/c1-12(24)15-7-18-19(28-11-27-18)8-16(15)22-20(25)10-23(2)9-13-6-14(21)4-5-17(13)26-3/h4-8H,9-11H2,1-3H3,(H,22,25)/p+1. The zero-order valence-electron chi connectivity index (χ0n) is 15.9. The number of carbonyl (C=O) groups is 2. The van der Waals surface area contributed by atoms with E-state index in [9.17, 15) is 9.59 Å². The van der Waals surface area contributed by atoms with Gasteiger partial charge in [-0.15, -0.1) is 0 Å². The Kier molecular flexibility index (Phi) is 6.06. The summed E-state index contributed by atoms with van der Waals surface area (Å²) in [6.45, 7) is 2.29. The van der Waals surface area contributed by atoms with Crippen molar-refractivity contribution in [2.45, 2.75) is 13.5 Å². The number of hydrogen-bond acceptors (Lipinski definition) is 5. The van der Waals surface area contributed by atoms with E-state index in [4.69, 9.17) is 25.8 Å². The molecule has 2 N–H and O–H groups in total. The SMILES string of the molecule is COc1ccc(Cl)cc1C[NH+](C)CC(=O)Nc1cc2c(cc1C(C)=O)OCO2. The number of Topliss-reactive ketones (excluding diaryl/α,β-unsaturated/α-hetero) is 1. The van der Waals surface area contributed by atoms with Crippen molar-refractivity contribution in [1.29, 1.82) is 0 Å². The number of fused-ring (bicyclic) bond motifs is 1. The Morgan fingerprint density at radius 3 is 2.61 bits per heavy atom. The Bertz CT molecular complexity index is 916. The summed E-state index contributed by atoms with van der Waals surface area (Å²) in [5.41, 5.74) is 1.70. The van der Waals surface area contributed by atoms with E-state index in [0.717, 1.165) is 16.2 Å². The summed E-state index contributed by atoms with van der Waals surface area (Å²) in [6, 6.07) is 8.60. The molecule has 8 heteroatoms. The molecular formula is C20H22ClN2O5+. The summed E-state index contributed by atoms with van der Waals surface area (Å²) >= 11 is 6.07. The summed E-state index contributed by atoms with van der Waals surface area (Å²) in [4.78, 5) is 25.4. The zero-order chi connectivity index (χ0) is 20.3. The number of hydrogen-bond donors (Lipinski definition) is 2. The van der Waals surface area contributed by atoms with Gasteiger partial charge in [-0.1, -0.05) is 11.6 Å². The van der Waals surface area contributed by atoms with Gasteiger partial charge >= 0.3 is 0 Å². The van der Waals surface area contributed by atoms with Crippen LogP contribution in [0.3, 0.4) is 0 Å². The molecule has 0 radical (unpaired) electrons. The minimum atomic E-state index is -0.222. The highest BCUT2D eigenvalue weighted by Gasteiger charge is 2.21. The molecule has 0 spiro atoms. The number of amides is 1. The number of carbonyl (C=O) groups excluding carboxylic acids is 2. The molecule has 2 aromatic rings. The Hall–Kier alpha value is -2.77. The van der Waals surface area contributed by atoms with Gasteiger partial charge in [-0.3, -0.25) is 9.59 Å². The molecular weight excluding hydrogens is 384 g/mol. The molecule has 2 aromatic carbocycles. The minimum absolute atomic E-state index is 0.0957. The van der Waals surface area contributed by atoms with Crippen molar-refractivity contribution in [1.82, 2.24) is 0 Å². The van der Waals surface area contributed by atoms with Crippen LogP contribution in [0.25, 0.3) is 0 Å². The molecule has 1 aliphatic heterocycles. The van der Waals surface area contributed by atoms with Crippen LogP contribution >= 0.6 is 11.6 Å². The van der Waals surface area contributed by atoms with Crippen LogP contribution in [0.1, 0.15) is 22.8 Å². The Morgan fingerprint density at radius 1 is 1.21 bits per heavy atom. The van der Waals surface area contributed by atoms with Crippen LogP contribution in [0.2, 0.25) is 5.02 Å². The van der Waals surface area contributed by atoms with Crippen LogP contribution in [0.15, 0.2) is 30.3 Å².